The summed E-state index contributed by atoms with van der Waals surface area (Å²) in [6.45, 7) is 6.82. The number of rotatable bonds is 51. The molecule has 0 aliphatic rings. The van der Waals surface area contributed by atoms with E-state index in [1.807, 2.05) is 0 Å². The molecule has 0 amide bonds. The van der Waals surface area contributed by atoms with Gasteiger partial charge in [0.1, 0.15) is 0 Å². The summed E-state index contributed by atoms with van der Waals surface area (Å²) in [4.78, 5) is 30.8. The Balaban J connectivity index is -0.000000441. The minimum absolute atomic E-state index is 0. The molecular formula is C60H114DyO6. The van der Waals surface area contributed by atoms with Crippen LogP contribution >= 0.6 is 0 Å². The molecule has 0 radical (unpaired) electrons. The number of carbonyl (C=O) groups is 3. The second-order valence-electron chi connectivity index (χ2n) is 19.4. The van der Waals surface area contributed by atoms with Crippen molar-refractivity contribution in [3.05, 3.63) is 36.5 Å². The van der Waals surface area contributed by atoms with Gasteiger partial charge in [-0.2, -0.15) is 0 Å². The molecule has 0 unspecified atom stereocenters. The van der Waals surface area contributed by atoms with E-state index in [2.05, 4.69) is 20.8 Å². The molecule has 0 fully saturated rings. The quantitative estimate of drug-likeness (QED) is 0.0413. The maximum Gasteiger partial charge on any atom is 0.327 e. The van der Waals surface area contributed by atoms with Gasteiger partial charge in [-0.1, -0.05) is 309 Å². The molecular weight excluding hydrogens is 979 g/mol. The summed E-state index contributed by atoms with van der Waals surface area (Å²) in [7, 11) is 0. The molecule has 0 atom stereocenters. The van der Waals surface area contributed by atoms with E-state index in [-0.39, 0.29) is 38.2 Å². The second kappa shape index (κ2) is 69.2. The van der Waals surface area contributed by atoms with E-state index in [1.165, 1.54) is 288 Å². The van der Waals surface area contributed by atoms with Crippen LogP contribution < -0.4 is 0 Å². The van der Waals surface area contributed by atoms with Crippen LogP contribution in [-0.4, -0.2) is 33.2 Å². The molecule has 0 saturated carbocycles. The molecule has 67 heavy (non-hydrogen) atoms. The summed E-state index contributed by atoms with van der Waals surface area (Å²) in [5, 5.41) is 25.4. The number of aliphatic carboxylic acids is 3. The van der Waals surface area contributed by atoms with E-state index in [1.54, 1.807) is 18.2 Å². The van der Waals surface area contributed by atoms with Crippen LogP contribution in [0, 0.1) is 38.2 Å². The first kappa shape index (κ1) is 72.4. The molecule has 0 spiro atoms. The van der Waals surface area contributed by atoms with E-state index >= 15 is 0 Å². The van der Waals surface area contributed by atoms with Crippen molar-refractivity contribution in [2.24, 2.45) is 0 Å². The third-order valence-corrected chi connectivity index (χ3v) is 12.7. The number of carboxylic acids is 3. The van der Waals surface area contributed by atoms with Gasteiger partial charge in [-0.05, 0) is 38.5 Å². The fourth-order valence-electron chi connectivity index (χ4n) is 8.45. The van der Waals surface area contributed by atoms with E-state index in [0.29, 0.717) is 0 Å². The van der Waals surface area contributed by atoms with Gasteiger partial charge in [-0.15, -0.1) is 0 Å². The Morgan fingerprint density at radius 2 is 0.358 bits per heavy atom. The van der Waals surface area contributed by atoms with Crippen LogP contribution in [0.2, 0.25) is 0 Å². The van der Waals surface area contributed by atoms with E-state index in [0.717, 1.165) is 38.5 Å². The normalized spacial score (nSPS) is 11.1. The van der Waals surface area contributed by atoms with Gasteiger partial charge in [-0.3, -0.25) is 0 Å². The number of allylic oxidation sites excluding steroid dienone is 3. The Morgan fingerprint density at radius 3 is 0.478 bits per heavy atom. The zero-order chi connectivity index (χ0) is 48.9. The molecule has 0 bridgehead atoms. The van der Waals surface area contributed by atoms with Crippen LogP contribution in [0.1, 0.15) is 329 Å². The molecule has 0 rings (SSSR count). The first-order valence-corrected chi connectivity index (χ1v) is 29.0. The fourth-order valence-corrected chi connectivity index (χ4v) is 8.45. The first-order chi connectivity index (χ1) is 32.3. The van der Waals surface area contributed by atoms with Crippen molar-refractivity contribution < 1.29 is 67.9 Å². The Kier molecular flexibility index (Phi) is 74.8. The molecule has 0 heterocycles. The maximum absolute atomic E-state index is 10.3. The molecule has 400 valence electrons. The fraction of sp³-hybridized carbons (Fsp3) is 0.850. The standard InChI is InChI=1S/3C20H38O2.Dy/c3*1-2-3-4-5-6-7-8-9-10-11-12-13-14-15-16-17-18-19-20(21)22;/h3*18-19H,2-17H2,1H3,(H,21,22);. The first-order valence-electron chi connectivity index (χ1n) is 29.0. The number of unbranched alkanes of at least 4 members (excludes halogenated alkanes) is 45. The van der Waals surface area contributed by atoms with Crippen LogP contribution in [-0.2, 0) is 14.4 Å². The van der Waals surface area contributed by atoms with Gasteiger partial charge in [0.25, 0.3) is 0 Å². The molecule has 3 N–H and O–H groups in total. The molecule has 7 heteroatoms. The zero-order valence-corrected chi connectivity index (χ0v) is 46.8. The summed E-state index contributed by atoms with van der Waals surface area (Å²) in [5.41, 5.74) is 0. The molecule has 0 aliphatic carbocycles. The molecule has 0 saturated heterocycles. The van der Waals surface area contributed by atoms with Crippen molar-refractivity contribution in [2.45, 2.75) is 329 Å². The number of hydrogen-bond acceptors (Lipinski definition) is 3. The predicted octanol–water partition coefficient (Wildman–Crippen LogP) is 20.7. The summed E-state index contributed by atoms with van der Waals surface area (Å²) in [6, 6.07) is 0. The van der Waals surface area contributed by atoms with Crippen LogP contribution in [0.5, 0.6) is 0 Å². The van der Waals surface area contributed by atoms with Gasteiger partial charge in [-0.25, -0.2) is 14.4 Å². The maximum atomic E-state index is 10.3. The van der Waals surface area contributed by atoms with Crippen molar-refractivity contribution in [2.75, 3.05) is 0 Å². The van der Waals surface area contributed by atoms with Crippen LogP contribution in [0.15, 0.2) is 36.5 Å². The molecule has 6 nitrogen and oxygen atoms in total. The average molecular weight is 1090 g/mol. The third-order valence-electron chi connectivity index (χ3n) is 12.7. The minimum atomic E-state index is -0.832. The van der Waals surface area contributed by atoms with E-state index in [4.69, 9.17) is 15.3 Å². The summed E-state index contributed by atoms with van der Waals surface area (Å²) in [5.74, 6) is -2.50. The molecule has 0 aromatic heterocycles. The summed E-state index contributed by atoms with van der Waals surface area (Å²) in [6.07, 6.45) is 73.5. The Hall–Kier alpha value is -1.10. The Labute approximate surface area is 448 Å². The van der Waals surface area contributed by atoms with Crippen molar-refractivity contribution >= 4 is 17.9 Å². The molecule has 0 aromatic carbocycles. The van der Waals surface area contributed by atoms with E-state index < -0.39 is 17.9 Å². The zero-order valence-electron chi connectivity index (χ0n) is 44.8. The third kappa shape index (κ3) is 82.2. The van der Waals surface area contributed by atoms with Crippen molar-refractivity contribution in [1.82, 2.24) is 0 Å². The second-order valence-corrected chi connectivity index (χ2v) is 19.4. The Bertz CT molecular complexity index is 911. The van der Waals surface area contributed by atoms with Crippen molar-refractivity contribution in [3.63, 3.8) is 0 Å². The van der Waals surface area contributed by atoms with Crippen LogP contribution in [0.4, 0.5) is 0 Å². The topological polar surface area (TPSA) is 112 Å². The average Bonchev–Trinajstić information content (AvgIpc) is 3.29. The van der Waals surface area contributed by atoms with Crippen molar-refractivity contribution in [1.29, 1.82) is 0 Å². The van der Waals surface area contributed by atoms with Gasteiger partial charge in [0.2, 0.25) is 0 Å². The van der Waals surface area contributed by atoms with Gasteiger partial charge in [0, 0.05) is 56.4 Å². The van der Waals surface area contributed by atoms with Gasteiger partial charge in [0.05, 0.1) is 0 Å². The van der Waals surface area contributed by atoms with E-state index in [9.17, 15) is 14.4 Å². The largest absolute Gasteiger partial charge is 0.478 e. The summed E-state index contributed by atoms with van der Waals surface area (Å²) < 4.78 is 0. The SMILES string of the molecule is CCCCCCCCCCCCCCCCCC=CC(=O)O.CCCCCCCCCCCCCCCCCC=CC(=O)O.CCCCCCCCCCCCCCCCCC=CC(=O)O.[Dy]. The van der Waals surface area contributed by atoms with Crippen LogP contribution in [0.25, 0.3) is 0 Å². The minimum Gasteiger partial charge on any atom is -0.478 e. The Morgan fingerprint density at radius 1 is 0.239 bits per heavy atom. The van der Waals surface area contributed by atoms with Gasteiger partial charge in [0.15, 0.2) is 0 Å². The van der Waals surface area contributed by atoms with Gasteiger partial charge >= 0.3 is 17.9 Å². The summed E-state index contributed by atoms with van der Waals surface area (Å²) >= 11 is 0. The van der Waals surface area contributed by atoms with Crippen LogP contribution in [0.3, 0.4) is 0 Å². The monoisotopic (exact) mass is 1090 g/mol. The number of hydrogen-bond donors (Lipinski definition) is 3. The molecule has 0 aliphatic heterocycles. The van der Waals surface area contributed by atoms with Crippen molar-refractivity contribution in [3.8, 4) is 0 Å². The van der Waals surface area contributed by atoms with Gasteiger partial charge < -0.3 is 15.3 Å². The number of carboxylic acid groups (broad SMARTS) is 3. The predicted molar refractivity (Wildman–Crippen MR) is 289 cm³/mol. The smallest absolute Gasteiger partial charge is 0.327 e. The molecule has 0 aromatic rings.